The lowest BCUT2D eigenvalue weighted by Crippen LogP contribution is -2.29. The zero-order valence-corrected chi connectivity index (χ0v) is 12.9. The maximum Gasteiger partial charge on any atom is 0.341 e. The molecule has 5 heteroatoms. The first kappa shape index (κ1) is 15.8. The van der Waals surface area contributed by atoms with E-state index in [1.807, 2.05) is 38.1 Å². The van der Waals surface area contributed by atoms with Gasteiger partial charge in [-0.2, -0.15) is 0 Å². The number of nitrogens with zero attached hydrogens (tertiary/aromatic N) is 1. The molecule has 0 aliphatic rings. The Morgan fingerprint density at radius 3 is 2.50 bits per heavy atom. The maximum atomic E-state index is 12.5. The number of carboxylic acids is 1. The first-order chi connectivity index (χ1) is 10.5. The van der Waals surface area contributed by atoms with Crippen molar-refractivity contribution in [1.82, 2.24) is 4.57 Å². The Labute approximate surface area is 128 Å². The molecule has 0 unspecified atom stereocenters. The van der Waals surface area contributed by atoms with Crippen molar-refractivity contribution in [2.75, 3.05) is 7.11 Å². The number of hydrogen-bond donors (Lipinski definition) is 1. The molecule has 0 saturated heterocycles. The molecule has 0 fully saturated rings. The van der Waals surface area contributed by atoms with Crippen molar-refractivity contribution in [3.05, 3.63) is 52.3 Å². The van der Waals surface area contributed by atoms with Crippen LogP contribution in [0.15, 0.2) is 41.2 Å². The number of hydrogen-bond acceptors (Lipinski definition) is 3. The minimum Gasteiger partial charge on any atom is -0.496 e. The summed E-state index contributed by atoms with van der Waals surface area (Å²) in [4.78, 5) is 23.7. The summed E-state index contributed by atoms with van der Waals surface area (Å²) in [7, 11) is 1.56. The Bertz CT molecular complexity index is 747. The fourth-order valence-electron chi connectivity index (χ4n) is 2.38. The summed E-state index contributed by atoms with van der Waals surface area (Å²) >= 11 is 0. The van der Waals surface area contributed by atoms with Crippen LogP contribution in [0, 0.1) is 5.92 Å². The van der Waals surface area contributed by atoms with Crippen molar-refractivity contribution in [3.8, 4) is 17.0 Å². The summed E-state index contributed by atoms with van der Waals surface area (Å²) in [5, 5.41) is 9.15. The third-order valence-electron chi connectivity index (χ3n) is 3.34. The molecule has 116 valence electrons. The highest BCUT2D eigenvalue weighted by Crippen LogP contribution is 2.29. The molecule has 2 aromatic rings. The van der Waals surface area contributed by atoms with Crippen LogP contribution in [0.2, 0.25) is 0 Å². The minimum atomic E-state index is -1.21. The van der Waals surface area contributed by atoms with Crippen LogP contribution in [0.3, 0.4) is 0 Å². The zero-order chi connectivity index (χ0) is 16.3. The highest BCUT2D eigenvalue weighted by molar-refractivity contribution is 5.87. The Morgan fingerprint density at radius 1 is 1.23 bits per heavy atom. The number of rotatable bonds is 5. The van der Waals surface area contributed by atoms with Gasteiger partial charge in [0.2, 0.25) is 0 Å². The van der Waals surface area contributed by atoms with Crippen LogP contribution >= 0.6 is 0 Å². The van der Waals surface area contributed by atoms with Gasteiger partial charge >= 0.3 is 5.97 Å². The van der Waals surface area contributed by atoms with Crippen molar-refractivity contribution >= 4 is 5.97 Å². The van der Waals surface area contributed by atoms with E-state index < -0.39 is 11.5 Å². The van der Waals surface area contributed by atoms with E-state index in [-0.39, 0.29) is 11.5 Å². The topological polar surface area (TPSA) is 68.5 Å². The van der Waals surface area contributed by atoms with Crippen LogP contribution in [0.25, 0.3) is 11.3 Å². The van der Waals surface area contributed by atoms with Crippen molar-refractivity contribution in [1.29, 1.82) is 0 Å². The van der Waals surface area contributed by atoms with E-state index >= 15 is 0 Å². The molecule has 0 spiro atoms. The predicted octanol–water partition coefficient (Wildman–Crippen LogP) is 2.88. The molecule has 0 atom stereocenters. The van der Waals surface area contributed by atoms with Crippen molar-refractivity contribution in [2.24, 2.45) is 5.92 Å². The number of para-hydroxylation sites is 1. The lowest BCUT2D eigenvalue weighted by Gasteiger charge is -2.17. The van der Waals surface area contributed by atoms with Gasteiger partial charge in [0.1, 0.15) is 11.3 Å². The van der Waals surface area contributed by atoms with Gasteiger partial charge in [0.25, 0.3) is 5.56 Å². The smallest absolute Gasteiger partial charge is 0.341 e. The number of benzene rings is 1. The third kappa shape index (κ3) is 3.03. The molecule has 2 rings (SSSR count). The van der Waals surface area contributed by atoms with Crippen LogP contribution in [-0.4, -0.2) is 22.8 Å². The Hall–Kier alpha value is -2.56. The van der Waals surface area contributed by atoms with Gasteiger partial charge in [0, 0.05) is 12.1 Å². The molecule has 1 N–H and O–H groups in total. The monoisotopic (exact) mass is 301 g/mol. The number of methoxy groups -OCH3 is 1. The number of carboxylic acid groups (broad SMARTS) is 1. The fourth-order valence-corrected chi connectivity index (χ4v) is 2.38. The lowest BCUT2D eigenvalue weighted by atomic mass is 10.1. The summed E-state index contributed by atoms with van der Waals surface area (Å²) in [5.41, 5.74) is 0.699. The molecule has 1 heterocycles. The first-order valence-corrected chi connectivity index (χ1v) is 7.06. The molecule has 0 aliphatic heterocycles. The second-order valence-electron chi connectivity index (χ2n) is 5.45. The van der Waals surface area contributed by atoms with E-state index in [9.17, 15) is 9.59 Å². The molecule has 1 aromatic heterocycles. The van der Waals surface area contributed by atoms with Crippen molar-refractivity contribution in [2.45, 2.75) is 20.4 Å². The quantitative estimate of drug-likeness (QED) is 0.922. The standard InChI is InChI=1S/C17H19NO4/c1-11(2)10-18-14(9-8-13(16(18)19)17(20)21)12-6-4-5-7-15(12)22-3/h4-9,11H,10H2,1-3H3,(H,20,21). The Balaban J connectivity index is 2.73. The zero-order valence-electron chi connectivity index (χ0n) is 12.9. The predicted molar refractivity (Wildman–Crippen MR) is 84.5 cm³/mol. The van der Waals surface area contributed by atoms with Gasteiger partial charge in [0.15, 0.2) is 0 Å². The summed E-state index contributed by atoms with van der Waals surface area (Å²) in [6.45, 7) is 4.39. The van der Waals surface area contributed by atoms with Crippen LogP contribution < -0.4 is 10.3 Å². The highest BCUT2D eigenvalue weighted by atomic mass is 16.5. The number of ether oxygens (including phenoxy) is 1. The van der Waals surface area contributed by atoms with Gasteiger partial charge in [-0.3, -0.25) is 4.79 Å². The lowest BCUT2D eigenvalue weighted by molar-refractivity contribution is 0.0694. The molecule has 22 heavy (non-hydrogen) atoms. The molecule has 0 radical (unpaired) electrons. The van der Waals surface area contributed by atoms with E-state index in [4.69, 9.17) is 9.84 Å². The van der Waals surface area contributed by atoms with Gasteiger partial charge in [-0.1, -0.05) is 26.0 Å². The van der Waals surface area contributed by atoms with E-state index in [2.05, 4.69) is 0 Å². The van der Waals surface area contributed by atoms with Crippen molar-refractivity contribution < 1.29 is 14.6 Å². The number of aromatic carboxylic acids is 1. The summed E-state index contributed by atoms with van der Waals surface area (Å²) in [6.07, 6.45) is 0. The SMILES string of the molecule is COc1ccccc1-c1ccc(C(=O)O)c(=O)n1CC(C)C. The molecule has 0 bridgehead atoms. The highest BCUT2D eigenvalue weighted by Gasteiger charge is 2.17. The molecule has 5 nitrogen and oxygen atoms in total. The normalized spacial score (nSPS) is 10.7. The van der Waals surface area contributed by atoms with Gasteiger partial charge in [0.05, 0.1) is 12.8 Å². The summed E-state index contributed by atoms with van der Waals surface area (Å²) in [6, 6.07) is 10.4. The number of pyridine rings is 1. The van der Waals surface area contributed by atoms with E-state index in [1.54, 1.807) is 13.2 Å². The summed E-state index contributed by atoms with van der Waals surface area (Å²) in [5.74, 6) is -0.369. The van der Waals surface area contributed by atoms with Crippen LogP contribution in [-0.2, 0) is 6.54 Å². The fraction of sp³-hybridized carbons (Fsp3) is 0.294. The van der Waals surface area contributed by atoms with Crippen LogP contribution in [0.4, 0.5) is 0 Å². The van der Waals surface area contributed by atoms with Gasteiger partial charge < -0.3 is 14.4 Å². The second kappa shape index (κ2) is 6.47. The minimum absolute atomic E-state index is 0.204. The Morgan fingerprint density at radius 2 is 1.91 bits per heavy atom. The molecular weight excluding hydrogens is 282 g/mol. The maximum absolute atomic E-state index is 12.5. The second-order valence-corrected chi connectivity index (χ2v) is 5.45. The number of carbonyl (C=O) groups is 1. The first-order valence-electron chi connectivity index (χ1n) is 7.06. The molecule has 0 saturated carbocycles. The van der Waals surface area contributed by atoms with Gasteiger partial charge in [-0.25, -0.2) is 4.79 Å². The van der Waals surface area contributed by atoms with E-state index in [0.29, 0.717) is 18.0 Å². The third-order valence-corrected chi connectivity index (χ3v) is 3.34. The van der Waals surface area contributed by atoms with Gasteiger partial charge in [-0.15, -0.1) is 0 Å². The molecular formula is C17H19NO4. The molecule has 1 aromatic carbocycles. The largest absolute Gasteiger partial charge is 0.496 e. The average molecular weight is 301 g/mol. The molecule has 0 amide bonds. The summed E-state index contributed by atoms with van der Waals surface area (Å²) < 4.78 is 6.85. The van der Waals surface area contributed by atoms with E-state index in [0.717, 1.165) is 5.56 Å². The van der Waals surface area contributed by atoms with Crippen LogP contribution in [0.1, 0.15) is 24.2 Å². The molecule has 0 aliphatic carbocycles. The van der Waals surface area contributed by atoms with Crippen molar-refractivity contribution in [3.63, 3.8) is 0 Å². The number of aromatic nitrogens is 1. The average Bonchev–Trinajstić information content (AvgIpc) is 2.48. The Kier molecular flexibility index (Phi) is 4.65. The van der Waals surface area contributed by atoms with Gasteiger partial charge in [-0.05, 0) is 30.2 Å². The van der Waals surface area contributed by atoms with Crippen LogP contribution in [0.5, 0.6) is 5.75 Å². The van der Waals surface area contributed by atoms with E-state index in [1.165, 1.54) is 10.6 Å².